The van der Waals surface area contributed by atoms with Gasteiger partial charge in [0.1, 0.15) is 11.6 Å². The van der Waals surface area contributed by atoms with Gasteiger partial charge in [0.25, 0.3) is 0 Å². The molecule has 0 unspecified atom stereocenters. The lowest BCUT2D eigenvalue weighted by atomic mass is 9.96. The summed E-state index contributed by atoms with van der Waals surface area (Å²) in [4.78, 5) is 6.64. The summed E-state index contributed by atoms with van der Waals surface area (Å²) in [5, 5.41) is 6.97. The highest BCUT2D eigenvalue weighted by Crippen LogP contribution is 2.27. The summed E-state index contributed by atoms with van der Waals surface area (Å²) in [6.45, 7) is 2.47. The van der Waals surface area contributed by atoms with Gasteiger partial charge < -0.3 is 20.3 Å². The predicted molar refractivity (Wildman–Crippen MR) is 135 cm³/mol. The molecule has 7 heteroatoms. The maximum Gasteiger partial charge on any atom is 0.191 e. The van der Waals surface area contributed by atoms with Gasteiger partial charge in [-0.15, -0.1) is 24.0 Å². The summed E-state index contributed by atoms with van der Waals surface area (Å²) < 4.78 is 19.6. The Morgan fingerprint density at radius 2 is 1.87 bits per heavy atom. The Kier molecular flexibility index (Phi) is 8.80. The van der Waals surface area contributed by atoms with Crippen molar-refractivity contribution in [2.75, 3.05) is 25.0 Å². The van der Waals surface area contributed by atoms with Crippen molar-refractivity contribution in [3.8, 4) is 5.75 Å². The van der Waals surface area contributed by atoms with Gasteiger partial charge in [0, 0.05) is 44.0 Å². The number of piperidine rings is 1. The summed E-state index contributed by atoms with van der Waals surface area (Å²) in [6.07, 6.45) is 5.90. The molecule has 1 saturated carbocycles. The molecule has 2 aliphatic rings. The molecule has 31 heavy (non-hydrogen) atoms. The number of halogens is 2. The number of hydrogen-bond acceptors (Lipinski definition) is 3. The van der Waals surface area contributed by atoms with Crippen LogP contribution in [-0.4, -0.2) is 38.2 Å². The van der Waals surface area contributed by atoms with Crippen molar-refractivity contribution < 1.29 is 9.13 Å². The SMILES string of the molecule is CN=C(NCc1ccccc1OC1CCC1)NC1CCN(c2cccc(F)c2)CC1.I. The number of benzene rings is 2. The predicted octanol–water partition coefficient (Wildman–Crippen LogP) is 4.71. The molecule has 1 saturated heterocycles. The third kappa shape index (κ3) is 6.48. The summed E-state index contributed by atoms with van der Waals surface area (Å²) >= 11 is 0. The van der Waals surface area contributed by atoms with Crippen LogP contribution in [0.1, 0.15) is 37.7 Å². The van der Waals surface area contributed by atoms with Gasteiger partial charge in [-0.3, -0.25) is 4.99 Å². The van der Waals surface area contributed by atoms with E-state index >= 15 is 0 Å². The molecule has 2 fully saturated rings. The quantitative estimate of drug-likeness (QED) is 0.318. The minimum absolute atomic E-state index is 0. The zero-order valence-electron chi connectivity index (χ0n) is 18.0. The van der Waals surface area contributed by atoms with Gasteiger partial charge in [-0.05, 0) is 56.4 Å². The van der Waals surface area contributed by atoms with E-state index in [1.807, 2.05) is 24.3 Å². The van der Waals surface area contributed by atoms with Crippen molar-refractivity contribution in [1.29, 1.82) is 0 Å². The Morgan fingerprint density at radius 3 is 2.55 bits per heavy atom. The Balaban J connectivity index is 0.00000272. The minimum Gasteiger partial charge on any atom is -0.490 e. The van der Waals surface area contributed by atoms with Crippen LogP contribution in [0.15, 0.2) is 53.5 Å². The van der Waals surface area contributed by atoms with E-state index in [9.17, 15) is 4.39 Å². The van der Waals surface area contributed by atoms with Crippen molar-refractivity contribution in [3.63, 3.8) is 0 Å². The fourth-order valence-corrected chi connectivity index (χ4v) is 3.95. The van der Waals surface area contributed by atoms with Crippen molar-refractivity contribution in [2.45, 2.75) is 50.8 Å². The monoisotopic (exact) mass is 538 g/mol. The van der Waals surface area contributed by atoms with Gasteiger partial charge >= 0.3 is 0 Å². The van der Waals surface area contributed by atoms with Crippen LogP contribution in [0.3, 0.4) is 0 Å². The summed E-state index contributed by atoms with van der Waals surface area (Å²) in [7, 11) is 1.80. The minimum atomic E-state index is -0.182. The Morgan fingerprint density at radius 1 is 1.10 bits per heavy atom. The number of rotatable bonds is 6. The third-order valence-electron chi connectivity index (χ3n) is 6.00. The summed E-state index contributed by atoms with van der Waals surface area (Å²) in [5.41, 5.74) is 2.10. The van der Waals surface area contributed by atoms with Gasteiger partial charge in [0.15, 0.2) is 5.96 Å². The summed E-state index contributed by atoms with van der Waals surface area (Å²) in [6, 6.07) is 15.4. The maximum absolute atomic E-state index is 13.5. The van der Waals surface area contributed by atoms with Gasteiger partial charge in [-0.25, -0.2) is 4.39 Å². The van der Waals surface area contributed by atoms with E-state index in [-0.39, 0.29) is 29.8 Å². The first-order chi connectivity index (χ1) is 14.7. The smallest absolute Gasteiger partial charge is 0.191 e. The molecule has 0 radical (unpaired) electrons. The second-order valence-electron chi connectivity index (χ2n) is 8.09. The van der Waals surface area contributed by atoms with Crippen molar-refractivity contribution in [1.82, 2.24) is 10.6 Å². The van der Waals surface area contributed by atoms with E-state index in [0.29, 0.717) is 18.7 Å². The van der Waals surface area contributed by atoms with Crippen LogP contribution in [0, 0.1) is 5.82 Å². The molecule has 2 N–H and O–H groups in total. The first kappa shape index (κ1) is 23.6. The number of para-hydroxylation sites is 1. The molecule has 0 aromatic heterocycles. The second-order valence-corrected chi connectivity index (χ2v) is 8.09. The number of ether oxygens (including phenoxy) is 1. The highest BCUT2D eigenvalue weighted by molar-refractivity contribution is 14.0. The zero-order valence-corrected chi connectivity index (χ0v) is 20.3. The molecule has 1 aliphatic carbocycles. The zero-order chi connectivity index (χ0) is 20.8. The Bertz CT molecular complexity index is 866. The van der Waals surface area contributed by atoms with Gasteiger partial charge in [0.05, 0.1) is 6.10 Å². The largest absolute Gasteiger partial charge is 0.490 e. The van der Waals surface area contributed by atoms with Crippen LogP contribution in [0.2, 0.25) is 0 Å². The normalized spacial score (nSPS) is 17.5. The van der Waals surface area contributed by atoms with E-state index in [1.165, 1.54) is 12.5 Å². The fourth-order valence-electron chi connectivity index (χ4n) is 3.95. The molecule has 1 aliphatic heterocycles. The van der Waals surface area contributed by atoms with E-state index < -0.39 is 0 Å². The molecule has 0 bridgehead atoms. The molecule has 0 spiro atoms. The van der Waals surface area contributed by atoms with Crippen molar-refractivity contribution in [3.05, 3.63) is 59.9 Å². The molecule has 5 nitrogen and oxygen atoms in total. The van der Waals surface area contributed by atoms with E-state index in [0.717, 1.165) is 61.7 Å². The van der Waals surface area contributed by atoms with Crippen LogP contribution < -0.4 is 20.3 Å². The first-order valence-electron chi connectivity index (χ1n) is 10.9. The number of anilines is 1. The molecular formula is C24H32FIN4O. The molecule has 2 aromatic rings. The van der Waals surface area contributed by atoms with Crippen LogP contribution in [0.25, 0.3) is 0 Å². The molecular weight excluding hydrogens is 506 g/mol. The highest BCUT2D eigenvalue weighted by Gasteiger charge is 2.22. The van der Waals surface area contributed by atoms with E-state index in [4.69, 9.17) is 4.74 Å². The van der Waals surface area contributed by atoms with Crippen molar-refractivity contribution in [2.24, 2.45) is 4.99 Å². The average Bonchev–Trinajstić information content (AvgIpc) is 2.75. The Labute approximate surface area is 201 Å². The van der Waals surface area contributed by atoms with Crippen LogP contribution >= 0.6 is 24.0 Å². The van der Waals surface area contributed by atoms with E-state index in [1.54, 1.807) is 19.2 Å². The first-order valence-corrected chi connectivity index (χ1v) is 10.9. The maximum atomic E-state index is 13.5. The van der Waals surface area contributed by atoms with Gasteiger partial charge in [0.2, 0.25) is 0 Å². The second kappa shape index (κ2) is 11.5. The number of nitrogens with zero attached hydrogens (tertiary/aromatic N) is 2. The lowest BCUT2D eigenvalue weighted by molar-refractivity contribution is 0.119. The topological polar surface area (TPSA) is 48.9 Å². The van der Waals surface area contributed by atoms with Crippen LogP contribution in [-0.2, 0) is 6.54 Å². The third-order valence-corrected chi connectivity index (χ3v) is 6.00. The lowest BCUT2D eigenvalue weighted by Crippen LogP contribution is -2.48. The Hall–Kier alpha value is -2.03. The molecule has 168 valence electrons. The lowest BCUT2D eigenvalue weighted by Gasteiger charge is -2.34. The number of hydrogen-bond donors (Lipinski definition) is 2. The number of guanidine groups is 1. The van der Waals surface area contributed by atoms with E-state index in [2.05, 4.69) is 26.6 Å². The average molecular weight is 538 g/mol. The van der Waals surface area contributed by atoms with Gasteiger partial charge in [-0.1, -0.05) is 24.3 Å². The number of aliphatic imine (C=N–C) groups is 1. The molecule has 2 aromatic carbocycles. The van der Waals surface area contributed by atoms with Gasteiger partial charge in [-0.2, -0.15) is 0 Å². The van der Waals surface area contributed by atoms with Crippen LogP contribution in [0.4, 0.5) is 10.1 Å². The summed E-state index contributed by atoms with van der Waals surface area (Å²) in [5.74, 6) is 1.59. The standard InChI is InChI=1S/C24H31FN4O.HI/c1-26-24(27-17-18-6-2-3-11-23(18)30-22-9-5-10-22)28-20-12-14-29(15-13-20)21-8-4-7-19(25)16-21;/h2-4,6-8,11,16,20,22H,5,9-10,12-15,17H2,1H3,(H2,26,27,28);1H. The molecule has 1 heterocycles. The molecule has 0 atom stereocenters. The highest BCUT2D eigenvalue weighted by atomic mass is 127. The molecule has 4 rings (SSSR count). The molecule has 0 amide bonds. The fraction of sp³-hybridized carbons (Fsp3) is 0.458. The van der Waals surface area contributed by atoms with Crippen molar-refractivity contribution >= 4 is 35.6 Å². The number of nitrogens with one attached hydrogen (secondary N) is 2. The van der Waals surface area contributed by atoms with Crippen LogP contribution in [0.5, 0.6) is 5.75 Å².